The number of nitrogens with zero attached hydrogens (tertiary/aromatic N) is 3. The van der Waals surface area contributed by atoms with E-state index in [1.165, 1.54) is 12.4 Å². The highest BCUT2D eigenvalue weighted by molar-refractivity contribution is 9.10. The maximum Gasteiger partial charge on any atom is 0.272 e. The molecule has 0 spiro atoms. The fourth-order valence-corrected chi connectivity index (χ4v) is 2.07. The van der Waals surface area contributed by atoms with E-state index in [0.29, 0.717) is 4.60 Å². The Morgan fingerprint density at radius 3 is 2.37 bits per heavy atom. The van der Waals surface area contributed by atoms with Crippen molar-refractivity contribution in [1.29, 1.82) is 0 Å². The monoisotopic (exact) mass is 363 g/mol. The molecule has 1 aromatic heterocycles. The first-order chi connectivity index (χ1) is 8.97. The number of rotatable bonds is 3. The van der Waals surface area contributed by atoms with Gasteiger partial charge < -0.3 is 4.74 Å². The van der Waals surface area contributed by atoms with E-state index in [1.54, 1.807) is 0 Å². The summed E-state index contributed by atoms with van der Waals surface area (Å²) in [5.41, 5.74) is -0.216. The standard InChI is InChI=1S/C10H4BrCl2N3O3/c11-8-3-9(15-4-14-8)19-10-6(12)1-5(16(17)18)2-7(10)13/h1-4H. The Morgan fingerprint density at radius 2 is 1.84 bits per heavy atom. The number of ether oxygens (including phenoxy) is 1. The van der Waals surface area contributed by atoms with Gasteiger partial charge in [-0.25, -0.2) is 9.97 Å². The van der Waals surface area contributed by atoms with Gasteiger partial charge in [-0.1, -0.05) is 23.2 Å². The van der Waals surface area contributed by atoms with Crippen LogP contribution in [0.25, 0.3) is 0 Å². The highest BCUT2D eigenvalue weighted by Crippen LogP contribution is 2.39. The lowest BCUT2D eigenvalue weighted by molar-refractivity contribution is -0.384. The quantitative estimate of drug-likeness (QED) is 0.462. The SMILES string of the molecule is O=[N+]([O-])c1cc(Cl)c(Oc2cc(Br)ncn2)c(Cl)c1. The normalized spacial score (nSPS) is 10.3. The van der Waals surface area contributed by atoms with Crippen molar-refractivity contribution in [3.05, 3.63) is 49.3 Å². The molecule has 0 saturated carbocycles. The van der Waals surface area contributed by atoms with Crippen LogP contribution in [-0.4, -0.2) is 14.9 Å². The maximum atomic E-state index is 10.6. The van der Waals surface area contributed by atoms with Crippen LogP contribution in [0.15, 0.2) is 29.1 Å². The van der Waals surface area contributed by atoms with E-state index in [2.05, 4.69) is 25.9 Å². The summed E-state index contributed by atoms with van der Waals surface area (Å²) in [5.74, 6) is 0.305. The van der Waals surface area contributed by atoms with E-state index in [0.717, 1.165) is 12.1 Å². The highest BCUT2D eigenvalue weighted by atomic mass is 79.9. The second kappa shape index (κ2) is 5.68. The van der Waals surface area contributed by atoms with Crippen LogP contribution < -0.4 is 4.74 Å². The Morgan fingerprint density at radius 1 is 1.21 bits per heavy atom. The number of hydrogen-bond donors (Lipinski definition) is 0. The summed E-state index contributed by atoms with van der Waals surface area (Å²) < 4.78 is 5.91. The van der Waals surface area contributed by atoms with Gasteiger partial charge in [0.05, 0.1) is 15.0 Å². The zero-order valence-electron chi connectivity index (χ0n) is 9.01. The van der Waals surface area contributed by atoms with Gasteiger partial charge in [0.1, 0.15) is 10.9 Å². The molecule has 98 valence electrons. The van der Waals surface area contributed by atoms with E-state index in [9.17, 15) is 10.1 Å². The van der Waals surface area contributed by atoms with Gasteiger partial charge in [0.15, 0.2) is 5.75 Å². The molecule has 0 N–H and O–H groups in total. The van der Waals surface area contributed by atoms with Gasteiger partial charge in [-0.15, -0.1) is 0 Å². The van der Waals surface area contributed by atoms with E-state index >= 15 is 0 Å². The zero-order valence-corrected chi connectivity index (χ0v) is 12.1. The van der Waals surface area contributed by atoms with Crippen LogP contribution in [0.5, 0.6) is 11.6 Å². The lowest BCUT2D eigenvalue weighted by atomic mass is 10.3. The molecule has 0 aliphatic heterocycles. The molecule has 0 fully saturated rings. The molecule has 0 radical (unpaired) electrons. The summed E-state index contributed by atoms with van der Waals surface area (Å²) >= 11 is 15.0. The molecule has 0 amide bonds. The lowest BCUT2D eigenvalue weighted by Gasteiger charge is -2.08. The van der Waals surface area contributed by atoms with Crippen LogP contribution in [0.1, 0.15) is 0 Å². The minimum Gasteiger partial charge on any atom is -0.436 e. The second-order valence-electron chi connectivity index (χ2n) is 3.28. The maximum absolute atomic E-state index is 10.6. The predicted octanol–water partition coefficient (Wildman–Crippen LogP) is 4.25. The van der Waals surface area contributed by atoms with E-state index in [4.69, 9.17) is 27.9 Å². The summed E-state index contributed by atoms with van der Waals surface area (Å²) in [6, 6.07) is 3.81. The average molecular weight is 365 g/mol. The van der Waals surface area contributed by atoms with Crippen LogP contribution in [0, 0.1) is 10.1 Å². The molecule has 0 aliphatic rings. The molecule has 6 nitrogen and oxygen atoms in total. The first kappa shape index (κ1) is 14.0. The molecule has 1 heterocycles. The van der Waals surface area contributed by atoms with Crippen molar-refractivity contribution in [2.75, 3.05) is 0 Å². The van der Waals surface area contributed by atoms with Gasteiger partial charge in [-0.2, -0.15) is 0 Å². The number of non-ortho nitro benzene ring substituents is 1. The third-order valence-corrected chi connectivity index (χ3v) is 3.00. The number of hydrogen-bond acceptors (Lipinski definition) is 5. The first-order valence-corrected chi connectivity index (χ1v) is 6.31. The molecule has 9 heteroatoms. The number of halogens is 3. The molecule has 2 aromatic rings. The number of nitro benzene ring substituents is 1. The molecular weight excluding hydrogens is 361 g/mol. The zero-order chi connectivity index (χ0) is 14.0. The molecule has 0 saturated heterocycles. The van der Waals surface area contributed by atoms with Crippen LogP contribution in [0.4, 0.5) is 5.69 Å². The van der Waals surface area contributed by atoms with Gasteiger partial charge in [0, 0.05) is 18.2 Å². The molecule has 0 aliphatic carbocycles. The topological polar surface area (TPSA) is 78.2 Å². The Bertz CT molecular complexity index is 631. The molecule has 1 aromatic carbocycles. The number of aromatic nitrogens is 2. The summed E-state index contributed by atoms with van der Waals surface area (Å²) in [6.45, 7) is 0. The third-order valence-electron chi connectivity index (χ3n) is 2.01. The van der Waals surface area contributed by atoms with Crippen molar-refractivity contribution in [2.24, 2.45) is 0 Å². The van der Waals surface area contributed by atoms with Crippen LogP contribution in [0.3, 0.4) is 0 Å². The third kappa shape index (κ3) is 3.31. The van der Waals surface area contributed by atoms with Gasteiger partial charge in [0.25, 0.3) is 5.69 Å². The van der Waals surface area contributed by atoms with Crippen molar-refractivity contribution < 1.29 is 9.66 Å². The van der Waals surface area contributed by atoms with Crippen LogP contribution in [-0.2, 0) is 0 Å². The Hall–Kier alpha value is -1.44. The van der Waals surface area contributed by atoms with Crippen LogP contribution >= 0.6 is 39.1 Å². The van der Waals surface area contributed by atoms with Crippen LogP contribution in [0.2, 0.25) is 10.0 Å². The fourth-order valence-electron chi connectivity index (χ4n) is 1.23. The summed E-state index contributed by atoms with van der Waals surface area (Å²) in [4.78, 5) is 17.7. The summed E-state index contributed by atoms with van der Waals surface area (Å²) in [5, 5.41) is 10.7. The van der Waals surface area contributed by atoms with Gasteiger partial charge in [0.2, 0.25) is 5.88 Å². The molecular formula is C10H4BrCl2N3O3. The van der Waals surface area contributed by atoms with Crippen molar-refractivity contribution in [2.45, 2.75) is 0 Å². The molecule has 0 bridgehead atoms. The highest BCUT2D eigenvalue weighted by Gasteiger charge is 2.16. The molecule has 0 unspecified atom stereocenters. The molecule has 19 heavy (non-hydrogen) atoms. The fraction of sp³-hybridized carbons (Fsp3) is 0. The minimum atomic E-state index is -0.594. The van der Waals surface area contributed by atoms with Gasteiger partial charge >= 0.3 is 0 Å². The van der Waals surface area contributed by atoms with Gasteiger partial charge in [-0.05, 0) is 15.9 Å². The van der Waals surface area contributed by atoms with E-state index in [1.807, 2.05) is 0 Å². The average Bonchev–Trinajstić information content (AvgIpc) is 2.33. The largest absolute Gasteiger partial charge is 0.436 e. The van der Waals surface area contributed by atoms with Gasteiger partial charge in [-0.3, -0.25) is 10.1 Å². The lowest BCUT2D eigenvalue weighted by Crippen LogP contribution is -1.93. The predicted molar refractivity (Wildman–Crippen MR) is 72.9 cm³/mol. The Kier molecular flexibility index (Phi) is 4.18. The number of benzene rings is 1. The van der Waals surface area contributed by atoms with Crippen molar-refractivity contribution >= 4 is 44.8 Å². The molecule has 2 rings (SSSR count). The Labute approximate surface area is 125 Å². The first-order valence-electron chi connectivity index (χ1n) is 4.76. The van der Waals surface area contributed by atoms with Crippen molar-refractivity contribution in [1.82, 2.24) is 9.97 Å². The number of nitro groups is 1. The molecule has 0 atom stereocenters. The van der Waals surface area contributed by atoms with E-state index < -0.39 is 4.92 Å². The minimum absolute atomic E-state index is 0.0222. The second-order valence-corrected chi connectivity index (χ2v) is 4.90. The van der Waals surface area contributed by atoms with Crippen molar-refractivity contribution in [3.63, 3.8) is 0 Å². The smallest absolute Gasteiger partial charge is 0.272 e. The van der Waals surface area contributed by atoms with E-state index in [-0.39, 0.29) is 27.4 Å². The Balaban J connectivity index is 2.38. The summed E-state index contributed by atoms with van der Waals surface area (Å²) in [6.07, 6.45) is 1.28. The summed E-state index contributed by atoms with van der Waals surface area (Å²) in [7, 11) is 0. The van der Waals surface area contributed by atoms with Crippen molar-refractivity contribution in [3.8, 4) is 11.6 Å².